The Morgan fingerprint density at radius 2 is 2.06 bits per heavy atom. The molecule has 0 aromatic heterocycles. The van der Waals surface area contributed by atoms with Crippen molar-refractivity contribution in [3.05, 3.63) is 23.8 Å². The Labute approximate surface area is 101 Å². The smallest absolute Gasteiger partial charge is 0.333 e. The summed E-state index contributed by atoms with van der Waals surface area (Å²) in [7, 11) is 0. The van der Waals surface area contributed by atoms with Gasteiger partial charge in [0.1, 0.15) is 12.7 Å². The van der Waals surface area contributed by atoms with Crippen LogP contribution in [0.25, 0.3) is 0 Å². The summed E-state index contributed by atoms with van der Waals surface area (Å²) in [5.41, 5.74) is 1.74. The van der Waals surface area contributed by atoms with E-state index in [-0.39, 0.29) is 18.2 Å². The first-order chi connectivity index (χ1) is 8.20. The molecule has 2 rings (SSSR count). The van der Waals surface area contributed by atoms with Crippen LogP contribution >= 0.6 is 0 Å². The van der Waals surface area contributed by atoms with Gasteiger partial charge >= 0.3 is 5.97 Å². The van der Waals surface area contributed by atoms with Gasteiger partial charge in [-0.15, -0.1) is 6.58 Å². The highest BCUT2D eigenvalue weighted by Crippen LogP contribution is 2.24. The van der Waals surface area contributed by atoms with Crippen molar-refractivity contribution in [1.82, 2.24) is 0 Å². The second-order valence-corrected chi connectivity index (χ2v) is 4.43. The summed E-state index contributed by atoms with van der Waals surface area (Å²) < 4.78 is 15.3. The Morgan fingerprint density at radius 1 is 1.41 bits per heavy atom. The second kappa shape index (κ2) is 5.47. The normalized spacial score (nSPS) is 27.1. The Hall–Kier alpha value is -1.13. The van der Waals surface area contributed by atoms with E-state index >= 15 is 0 Å². The fraction of sp³-hybridized carbons (Fsp3) is 0.615. The molecule has 17 heavy (non-hydrogen) atoms. The summed E-state index contributed by atoms with van der Waals surface area (Å²) in [6.07, 6.45) is 3.70. The summed E-state index contributed by atoms with van der Waals surface area (Å²) in [5, 5.41) is 0. The van der Waals surface area contributed by atoms with Crippen molar-refractivity contribution < 1.29 is 19.0 Å². The predicted molar refractivity (Wildman–Crippen MR) is 62.6 cm³/mol. The van der Waals surface area contributed by atoms with Gasteiger partial charge in [-0.3, -0.25) is 0 Å². The molecule has 0 aliphatic carbocycles. The molecule has 0 saturated carbocycles. The number of epoxide rings is 2. The fourth-order valence-electron chi connectivity index (χ4n) is 1.61. The molecule has 0 amide bonds. The molecule has 0 bridgehead atoms. The highest BCUT2D eigenvalue weighted by molar-refractivity contribution is 5.88. The van der Waals surface area contributed by atoms with Gasteiger partial charge in [-0.1, -0.05) is 11.6 Å². The molecule has 2 atom stereocenters. The van der Waals surface area contributed by atoms with E-state index in [1.807, 2.05) is 0 Å². The average molecular weight is 238 g/mol. The molecule has 0 N–H and O–H groups in total. The Balaban J connectivity index is 1.90. The summed E-state index contributed by atoms with van der Waals surface area (Å²) in [6, 6.07) is 0. The summed E-state index contributed by atoms with van der Waals surface area (Å²) >= 11 is 0. The first kappa shape index (κ1) is 12.3. The maximum atomic E-state index is 11.8. The van der Waals surface area contributed by atoms with E-state index in [0.29, 0.717) is 25.2 Å². The molecule has 2 aliphatic rings. The average Bonchev–Trinajstić information content (AvgIpc) is 3.17. The minimum atomic E-state index is -0.252. The van der Waals surface area contributed by atoms with Crippen molar-refractivity contribution >= 4 is 5.97 Å². The minimum absolute atomic E-state index is 0.112. The van der Waals surface area contributed by atoms with Crippen LogP contribution in [0, 0.1) is 0 Å². The number of hydrogen-bond acceptors (Lipinski definition) is 4. The van der Waals surface area contributed by atoms with Crippen molar-refractivity contribution in [3.63, 3.8) is 0 Å². The second-order valence-electron chi connectivity index (χ2n) is 4.43. The highest BCUT2D eigenvalue weighted by Gasteiger charge is 2.27. The van der Waals surface area contributed by atoms with Crippen LogP contribution in [-0.2, 0) is 19.0 Å². The zero-order valence-electron chi connectivity index (χ0n) is 10.1. The van der Waals surface area contributed by atoms with Crippen molar-refractivity contribution in [3.8, 4) is 0 Å². The summed E-state index contributed by atoms with van der Waals surface area (Å²) in [4.78, 5) is 11.8. The Kier molecular flexibility index (Phi) is 3.97. The molecule has 2 saturated heterocycles. The fourth-order valence-corrected chi connectivity index (χ4v) is 1.61. The maximum absolute atomic E-state index is 11.8. The molecule has 0 aromatic rings. The molecular weight excluding hydrogens is 220 g/mol. The van der Waals surface area contributed by atoms with E-state index in [1.54, 1.807) is 13.0 Å². The number of esters is 1. The van der Waals surface area contributed by atoms with E-state index in [1.165, 1.54) is 0 Å². The topological polar surface area (TPSA) is 51.4 Å². The van der Waals surface area contributed by atoms with Crippen LogP contribution < -0.4 is 0 Å². The third kappa shape index (κ3) is 3.98. The van der Waals surface area contributed by atoms with Crippen LogP contribution in [0.5, 0.6) is 0 Å². The number of hydrogen-bond donors (Lipinski definition) is 0. The van der Waals surface area contributed by atoms with Crippen LogP contribution in [0.4, 0.5) is 0 Å². The van der Waals surface area contributed by atoms with Gasteiger partial charge in [0.2, 0.25) is 0 Å². The largest absolute Gasteiger partial charge is 0.459 e. The van der Waals surface area contributed by atoms with E-state index in [2.05, 4.69) is 6.58 Å². The van der Waals surface area contributed by atoms with Crippen LogP contribution in [-0.4, -0.2) is 38.0 Å². The van der Waals surface area contributed by atoms with Crippen LogP contribution in [0.15, 0.2) is 23.8 Å². The van der Waals surface area contributed by atoms with Crippen molar-refractivity contribution in [2.45, 2.75) is 32.0 Å². The van der Waals surface area contributed by atoms with Gasteiger partial charge in [-0.2, -0.15) is 0 Å². The van der Waals surface area contributed by atoms with Crippen molar-refractivity contribution in [2.24, 2.45) is 0 Å². The molecule has 0 aromatic carbocycles. The molecule has 0 radical (unpaired) electrons. The maximum Gasteiger partial charge on any atom is 0.333 e. The molecule has 2 heterocycles. The third-order valence-corrected chi connectivity index (χ3v) is 2.91. The van der Waals surface area contributed by atoms with Crippen molar-refractivity contribution in [1.29, 1.82) is 0 Å². The van der Waals surface area contributed by atoms with E-state index < -0.39 is 0 Å². The van der Waals surface area contributed by atoms with E-state index in [0.717, 1.165) is 18.6 Å². The zero-order valence-corrected chi connectivity index (χ0v) is 10.1. The first-order valence-corrected chi connectivity index (χ1v) is 5.90. The number of allylic oxidation sites excluding steroid dienone is 1. The molecule has 4 nitrogen and oxygen atoms in total. The monoisotopic (exact) mass is 238 g/mol. The Bertz CT molecular complexity index is 337. The first-order valence-electron chi connectivity index (χ1n) is 5.90. The summed E-state index contributed by atoms with van der Waals surface area (Å²) in [5.74, 6) is -0.252. The number of carbonyl (C=O) groups is 1. The standard InChI is InChI=1S/C13H18O4/c1-3-4-10(5-11-6-15-11)9(2)13(14)17-8-12-7-16-12/h3,11-12H,1,4-8H2,2H3. The van der Waals surface area contributed by atoms with Gasteiger partial charge in [0.15, 0.2) is 0 Å². The Morgan fingerprint density at radius 3 is 2.59 bits per heavy atom. The van der Waals surface area contributed by atoms with Gasteiger partial charge in [-0.25, -0.2) is 4.79 Å². The minimum Gasteiger partial charge on any atom is -0.459 e. The number of ether oxygens (including phenoxy) is 3. The van der Waals surface area contributed by atoms with Crippen LogP contribution in [0.2, 0.25) is 0 Å². The lowest BCUT2D eigenvalue weighted by atomic mass is 10.0. The molecular formula is C13H18O4. The lowest BCUT2D eigenvalue weighted by Crippen LogP contribution is -2.12. The van der Waals surface area contributed by atoms with Gasteiger partial charge in [0.25, 0.3) is 0 Å². The molecule has 2 fully saturated rings. The SMILES string of the molecule is C=CCC(CC1CO1)=C(C)C(=O)OCC1CO1. The lowest BCUT2D eigenvalue weighted by molar-refractivity contribution is -0.139. The summed E-state index contributed by atoms with van der Waals surface area (Å²) in [6.45, 7) is 7.36. The van der Waals surface area contributed by atoms with Gasteiger partial charge < -0.3 is 14.2 Å². The lowest BCUT2D eigenvalue weighted by Gasteiger charge is -2.09. The zero-order chi connectivity index (χ0) is 12.3. The van der Waals surface area contributed by atoms with E-state index in [4.69, 9.17) is 14.2 Å². The van der Waals surface area contributed by atoms with Gasteiger partial charge in [0, 0.05) is 5.57 Å². The molecule has 4 heteroatoms. The molecule has 2 unspecified atom stereocenters. The van der Waals surface area contributed by atoms with Crippen LogP contribution in [0.3, 0.4) is 0 Å². The molecule has 94 valence electrons. The highest BCUT2D eigenvalue weighted by atomic mass is 16.6. The quantitative estimate of drug-likeness (QED) is 0.292. The van der Waals surface area contributed by atoms with E-state index in [9.17, 15) is 4.79 Å². The number of carbonyl (C=O) groups excluding carboxylic acids is 1. The third-order valence-electron chi connectivity index (χ3n) is 2.91. The van der Waals surface area contributed by atoms with Crippen LogP contribution in [0.1, 0.15) is 19.8 Å². The molecule has 2 aliphatic heterocycles. The van der Waals surface area contributed by atoms with Gasteiger partial charge in [-0.05, 0) is 19.8 Å². The van der Waals surface area contributed by atoms with Gasteiger partial charge in [0.05, 0.1) is 19.3 Å². The number of rotatable bonds is 7. The van der Waals surface area contributed by atoms with Crippen molar-refractivity contribution in [2.75, 3.05) is 19.8 Å². The molecule has 0 spiro atoms. The predicted octanol–water partition coefficient (Wildman–Crippen LogP) is 1.61.